The predicted octanol–water partition coefficient (Wildman–Crippen LogP) is 2.27. The maximum atomic E-state index is 13.1. The number of carbonyl (C=O) groups is 1. The molecule has 1 aromatic carbocycles. The van der Waals surface area contributed by atoms with Crippen LogP contribution in [0.3, 0.4) is 0 Å². The molecule has 140 valence electrons. The zero-order valence-corrected chi connectivity index (χ0v) is 15.4. The highest BCUT2D eigenvalue weighted by Gasteiger charge is 2.40. The number of halogens is 1. The summed E-state index contributed by atoms with van der Waals surface area (Å²) in [6, 6.07) is 5.95. The molecule has 2 aromatic rings. The normalized spacial score (nSPS) is 17.7. The molecule has 6 nitrogen and oxygen atoms in total. The first kappa shape index (κ1) is 18.5. The highest BCUT2D eigenvalue weighted by atomic mass is 19.1. The second-order valence-electron chi connectivity index (χ2n) is 6.72. The van der Waals surface area contributed by atoms with E-state index in [9.17, 15) is 9.18 Å². The zero-order chi connectivity index (χ0) is 18.7. The molecule has 3 rings (SSSR count). The van der Waals surface area contributed by atoms with Gasteiger partial charge in [-0.25, -0.2) is 9.07 Å². The van der Waals surface area contributed by atoms with E-state index in [0.29, 0.717) is 12.8 Å². The first-order valence-electron chi connectivity index (χ1n) is 8.84. The third-order valence-electron chi connectivity index (χ3n) is 5.15. The lowest BCUT2D eigenvalue weighted by molar-refractivity contribution is -0.147. The van der Waals surface area contributed by atoms with E-state index in [0.717, 1.165) is 30.0 Å². The van der Waals surface area contributed by atoms with Crippen LogP contribution in [-0.2, 0) is 9.53 Å². The van der Waals surface area contributed by atoms with Crippen LogP contribution in [0.1, 0.15) is 37.1 Å². The van der Waals surface area contributed by atoms with Crippen molar-refractivity contribution in [3.05, 3.63) is 47.5 Å². The summed E-state index contributed by atoms with van der Waals surface area (Å²) in [5.41, 5.74) is 1.82. The van der Waals surface area contributed by atoms with Crippen LogP contribution in [0.4, 0.5) is 4.39 Å². The van der Waals surface area contributed by atoms with E-state index in [2.05, 4.69) is 15.7 Å². The van der Waals surface area contributed by atoms with E-state index in [-0.39, 0.29) is 17.8 Å². The summed E-state index contributed by atoms with van der Waals surface area (Å²) in [4.78, 5) is 12.8. The third-order valence-corrected chi connectivity index (χ3v) is 5.15. The third kappa shape index (κ3) is 3.50. The van der Waals surface area contributed by atoms with Gasteiger partial charge < -0.3 is 15.4 Å². The molecule has 1 atom stereocenters. The second-order valence-corrected chi connectivity index (χ2v) is 6.72. The molecule has 1 fully saturated rings. The molecule has 0 spiro atoms. The topological polar surface area (TPSA) is 68.2 Å². The van der Waals surface area contributed by atoms with Gasteiger partial charge in [0.05, 0.1) is 17.9 Å². The number of carbonyl (C=O) groups excluding carboxylic acids is 1. The fourth-order valence-electron chi connectivity index (χ4n) is 3.45. The number of hydrogen-bond donors (Lipinski definition) is 2. The second kappa shape index (κ2) is 7.55. The number of methoxy groups -OCH3 is 1. The molecule has 1 aliphatic heterocycles. The van der Waals surface area contributed by atoms with E-state index >= 15 is 0 Å². The Morgan fingerprint density at radius 2 is 2.00 bits per heavy atom. The van der Waals surface area contributed by atoms with Crippen LogP contribution in [0.2, 0.25) is 0 Å². The molecule has 2 N–H and O–H groups in total. The van der Waals surface area contributed by atoms with Crippen molar-refractivity contribution < 1.29 is 13.9 Å². The van der Waals surface area contributed by atoms with E-state index in [1.165, 1.54) is 12.1 Å². The Morgan fingerprint density at radius 3 is 2.62 bits per heavy atom. The number of nitrogens with one attached hydrogen (secondary N) is 2. The minimum absolute atomic E-state index is 0.0945. The first-order chi connectivity index (χ1) is 12.5. The van der Waals surface area contributed by atoms with Crippen molar-refractivity contribution >= 4 is 5.91 Å². The monoisotopic (exact) mass is 360 g/mol. The van der Waals surface area contributed by atoms with Crippen LogP contribution in [0.5, 0.6) is 0 Å². The van der Waals surface area contributed by atoms with Crippen molar-refractivity contribution in [1.29, 1.82) is 0 Å². The molecule has 1 aromatic heterocycles. The van der Waals surface area contributed by atoms with Gasteiger partial charge in [-0.05, 0) is 64.0 Å². The maximum absolute atomic E-state index is 13.1. The number of hydrogen-bond acceptors (Lipinski definition) is 4. The number of nitrogens with zero attached hydrogens (tertiary/aromatic N) is 2. The number of piperidine rings is 1. The van der Waals surface area contributed by atoms with E-state index in [1.807, 2.05) is 13.8 Å². The van der Waals surface area contributed by atoms with Gasteiger partial charge in [-0.1, -0.05) is 0 Å². The minimum atomic E-state index is -0.777. The Hall–Kier alpha value is -2.25. The zero-order valence-electron chi connectivity index (χ0n) is 15.4. The van der Waals surface area contributed by atoms with Crippen molar-refractivity contribution in [3.8, 4) is 5.69 Å². The van der Waals surface area contributed by atoms with Gasteiger partial charge in [0.25, 0.3) is 5.91 Å². The summed E-state index contributed by atoms with van der Waals surface area (Å²) in [6.07, 6.45) is 3.04. The van der Waals surface area contributed by atoms with E-state index < -0.39 is 5.60 Å². The lowest BCUT2D eigenvalue weighted by atomic mass is 9.90. The fourth-order valence-corrected chi connectivity index (χ4v) is 3.45. The molecule has 0 saturated carbocycles. The molecule has 7 heteroatoms. The maximum Gasteiger partial charge on any atom is 0.252 e. The highest BCUT2D eigenvalue weighted by molar-refractivity contribution is 5.85. The van der Waals surface area contributed by atoms with Gasteiger partial charge in [0.2, 0.25) is 0 Å². The number of ether oxygens (including phenoxy) is 1. The SMILES string of the molecule is COC1(C(=O)NC(C)c2cnn(-c3ccc(F)cc3)c2C)CCNCC1. The molecule has 1 amide bonds. The quantitative estimate of drug-likeness (QED) is 0.858. The van der Waals surface area contributed by atoms with Crippen LogP contribution < -0.4 is 10.6 Å². The molecule has 0 radical (unpaired) electrons. The van der Waals surface area contributed by atoms with Crippen molar-refractivity contribution in [2.24, 2.45) is 0 Å². The summed E-state index contributed by atoms with van der Waals surface area (Å²) in [6.45, 7) is 5.39. The molecular formula is C19H25FN4O2. The molecular weight excluding hydrogens is 335 g/mol. The van der Waals surface area contributed by atoms with Gasteiger partial charge in [-0.3, -0.25) is 4.79 Å². The summed E-state index contributed by atoms with van der Waals surface area (Å²) in [7, 11) is 1.59. The average molecular weight is 360 g/mol. The smallest absolute Gasteiger partial charge is 0.252 e. The molecule has 1 unspecified atom stereocenters. The van der Waals surface area contributed by atoms with E-state index in [1.54, 1.807) is 30.1 Å². The molecule has 1 saturated heterocycles. The highest BCUT2D eigenvalue weighted by Crippen LogP contribution is 2.25. The van der Waals surface area contributed by atoms with Crippen molar-refractivity contribution in [2.45, 2.75) is 38.3 Å². The van der Waals surface area contributed by atoms with Gasteiger partial charge in [0.1, 0.15) is 11.4 Å². The van der Waals surface area contributed by atoms with Gasteiger partial charge in [0, 0.05) is 18.4 Å². The predicted molar refractivity (Wildman–Crippen MR) is 96.7 cm³/mol. The lowest BCUT2D eigenvalue weighted by Gasteiger charge is -2.35. The lowest BCUT2D eigenvalue weighted by Crippen LogP contribution is -2.54. The van der Waals surface area contributed by atoms with Crippen molar-refractivity contribution in [3.63, 3.8) is 0 Å². The standard InChI is InChI=1S/C19H25FN4O2/c1-13(23-18(25)19(26-3)8-10-21-11-9-19)17-12-22-24(14(17)2)16-6-4-15(20)5-7-16/h4-7,12-13,21H,8-11H2,1-3H3,(H,23,25). The number of aromatic nitrogens is 2. The Balaban J connectivity index is 1.77. The largest absolute Gasteiger partial charge is 0.368 e. The molecule has 2 heterocycles. The van der Waals surface area contributed by atoms with Crippen LogP contribution in [0, 0.1) is 12.7 Å². The summed E-state index contributed by atoms with van der Waals surface area (Å²) in [5, 5.41) is 10.7. The van der Waals surface area contributed by atoms with E-state index in [4.69, 9.17) is 4.74 Å². The molecule has 0 aliphatic carbocycles. The summed E-state index contributed by atoms with van der Waals surface area (Å²) in [5.74, 6) is -0.380. The Morgan fingerprint density at radius 1 is 1.35 bits per heavy atom. The van der Waals surface area contributed by atoms with Crippen LogP contribution in [0.15, 0.2) is 30.5 Å². The van der Waals surface area contributed by atoms with Crippen molar-refractivity contribution in [1.82, 2.24) is 20.4 Å². The molecule has 0 bridgehead atoms. The Bertz CT molecular complexity index is 766. The van der Waals surface area contributed by atoms with Gasteiger partial charge in [-0.2, -0.15) is 5.10 Å². The number of amides is 1. The average Bonchev–Trinajstić information content (AvgIpc) is 3.04. The van der Waals surface area contributed by atoms with Crippen molar-refractivity contribution in [2.75, 3.05) is 20.2 Å². The molecule has 26 heavy (non-hydrogen) atoms. The number of rotatable bonds is 5. The Kier molecular flexibility index (Phi) is 5.38. The fraction of sp³-hybridized carbons (Fsp3) is 0.474. The minimum Gasteiger partial charge on any atom is -0.368 e. The van der Waals surface area contributed by atoms with Crippen LogP contribution in [0.25, 0.3) is 5.69 Å². The molecule has 1 aliphatic rings. The van der Waals surface area contributed by atoms with Crippen LogP contribution in [-0.4, -0.2) is 41.5 Å². The van der Waals surface area contributed by atoms with Crippen LogP contribution >= 0.6 is 0 Å². The summed E-state index contributed by atoms with van der Waals surface area (Å²) < 4.78 is 20.5. The Labute approximate surface area is 152 Å². The van der Waals surface area contributed by atoms with Gasteiger partial charge in [0.15, 0.2) is 0 Å². The first-order valence-corrected chi connectivity index (χ1v) is 8.84. The van der Waals surface area contributed by atoms with Gasteiger partial charge >= 0.3 is 0 Å². The summed E-state index contributed by atoms with van der Waals surface area (Å²) >= 11 is 0. The van der Waals surface area contributed by atoms with Gasteiger partial charge in [-0.15, -0.1) is 0 Å². The number of benzene rings is 1.